The number of benzene rings is 6. The van der Waals surface area contributed by atoms with Gasteiger partial charge >= 0.3 is 0 Å². The summed E-state index contributed by atoms with van der Waals surface area (Å²) in [5, 5.41) is 0. The summed E-state index contributed by atoms with van der Waals surface area (Å²) in [7, 11) is 0. The molecule has 0 heterocycles. The van der Waals surface area contributed by atoms with Crippen LogP contribution in [0.5, 0.6) is 0 Å². The average molecular weight is 799 g/mol. The summed E-state index contributed by atoms with van der Waals surface area (Å²) >= 11 is 0. The van der Waals surface area contributed by atoms with E-state index in [1.165, 1.54) is 132 Å². The molecule has 6 aromatic carbocycles. The van der Waals surface area contributed by atoms with Crippen molar-refractivity contribution in [3.63, 3.8) is 0 Å². The van der Waals surface area contributed by atoms with E-state index in [1.807, 2.05) is 0 Å². The Morgan fingerprint density at radius 3 is 0.883 bits per heavy atom. The molecule has 0 aliphatic rings. The minimum absolute atomic E-state index is 0.126. The van der Waals surface area contributed by atoms with Gasteiger partial charge in [0.2, 0.25) is 0 Å². The number of rotatable bonds is 12. The van der Waals surface area contributed by atoms with Gasteiger partial charge in [-0.3, -0.25) is 0 Å². The van der Waals surface area contributed by atoms with Crippen molar-refractivity contribution < 1.29 is 0 Å². The Balaban J connectivity index is 0.000000216. The minimum atomic E-state index is -0.126. The maximum absolute atomic E-state index is 2.40. The molecule has 0 amide bonds. The van der Waals surface area contributed by atoms with Crippen LogP contribution in [0.3, 0.4) is 0 Å². The summed E-state index contributed by atoms with van der Waals surface area (Å²) in [6.45, 7) is 33.3. The van der Waals surface area contributed by atoms with Crippen LogP contribution in [-0.2, 0) is 11.8 Å². The van der Waals surface area contributed by atoms with E-state index in [2.05, 4.69) is 213 Å². The fourth-order valence-electron chi connectivity index (χ4n) is 9.80. The average Bonchev–Trinajstić information content (AvgIpc) is 3.13. The van der Waals surface area contributed by atoms with Crippen LogP contribution in [0.1, 0.15) is 165 Å². The molecule has 60 heavy (non-hydrogen) atoms. The number of hydrogen-bond donors (Lipinski definition) is 0. The van der Waals surface area contributed by atoms with Crippen LogP contribution in [0.15, 0.2) is 109 Å². The molecule has 0 saturated heterocycles. The summed E-state index contributed by atoms with van der Waals surface area (Å²) < 4.78 is 0. The van der Waals surface area contributed by atoms with Crippen LogP contribution in [0, 0.1) is 83.1 Å². The third-order valence-electron chi connectivity index (χ3n) is 11.7. The summed E-state index contributed by atoms with van der Waals surface area (Å²) in [5.74, 6) is 0.525. The first-order valence-electron chi connectivity index (χ1n) is 23.0. The van der Waals surface area contributed by atoms with Gasteiger partial charge in [-0.25, -0.2) is 0 Å². The van der Waals surface area contributed by atoms with Gasteiger partial charge in [0, 0.05) is 11.3 Å². The molecule has 0 aromatic heterocycles. The fourth-order valence-corrected chi connectivity index (χ4v) is 9.80. The van der Waals surface area contributed by atoms with Crippen LogP contribution in [0.25, 0.3) is 0 Å². The standard InChI is InChI=1S/C28H34.C20H26.C12H18/c1-8-9-28(25-13-19(2)10-20(3)14-25,26-15-21(4)11-22(5)16-26)27-17-23(6)12-24(7)18-27;1-6-7-20(18-10-14(2)8-15(3)11-18)19-12-16(4)9-17(5)13-19;1-4-5-6-12-8-10(2)7-11(3)9-12/h10-18H,8-9H2,1-7H3;8-13,20H,6-7H2,1-5H3;7-9H,4-6H2,1-3H3. The van der Waals surface area contributed by atoms with Gasteiger partial charge < -0.3 is 0 Å². The van der Waals surface area contributed by atoms with Gasteiger partial charge in [0.25, 0.3) is 0 Å². The molecule has 0 unspecified atom stereocenters. The van der Waals surface area contributed by atoms with E-state index in [-0.39, 0.29) is 5.41 Å². The maximum atomic E-state index is 2.40. The molecule has 0 radical (unpaired) electrons. The van der Waals surface area contributed by atoms with Gasteiger partial charge in [0.1, 0.15) is 0 Å². The molecule has 318 valence electrons. The molecule has 0 atom stereocenters. The summed E-state index contributed by atoms with van der Waals surface area (Å²) in [6.07, 6.45) is 8.49. The zero-order valence-electron chi connectivity index (χ0n) is 40.4. The first-order chi connectivity index (χ1) is 28.4. The monoisotopic (exact) mass is 799 g/mol. The molecule has 0 bridgehead atoms. The predicted octanol–water partition coefficient (Wildman–Crippen LogP) is 17.2. The number of hydrogen-bond acceptors (Lipinski definition) is 0. The molecule has 0 aliphatic heterocycles. The Labute approximate surface area is 367 Å². The van der Waals surface area contributed by atoms with Crippen molar-refractivity contribution in [2.75, 3.05) is 0 Å². The predicted molar refractivity (Wildman–Crippen MR) is 266 cm³/mol. The Hall–Kier alpha value is -4.68. The van der Waals surface area contributed by atoms with Gasteiger partial charge in [-0.2, -0.15) is 0 Å². The first kappa shape index (κ1) is 48.0. The molecule has 0 N–H and O–H groups in total. The zero-order chi connectivity index (χ0) is 44.1. The summed E-state index contributed by atoms with van der Waals surface area (Å²) in [6, 6.07) is 42.0. The second-order valence-electron chi connectivity index (χ2n) is 18.6. The Kier molecular flexibility index (Phi) is 17.8. The van der Waals surface area contributed by atoms with E-state index in [0.717, 1.165) is 12.8 Å². The maximum Gasteiger partial charge on any atom is 0.0451 e. The number of aryl methyl sites for hydroxylation is 13. The third-order valence-corrected chi connectivity index (χ3v) is 11.7. The second kappa shape index (κ2) is 22.2. The zero-order valence-corrected chi connectivity index (χ0v) is 40.4. The van der Waals surface area contributed by atoms with E-state index in [1.54, 1.807) is 0 Å². The fraction of sp³-hybridized carbons (Fsp3) is 0.400. The van der Waals surface area contributed by atoms with E-state index in [4.69, 9.17) is 0 Å². The molecule has 0 spiro atoms. The van der Waals surface area contributed by atoms with Gasteiger partial charge in [0.05, 0.1) is 0 Å². The molecule has 0 fully saturated rings. The largest absolute Gasteiger partial charge is 0.0654 e. The van der Waals surface area contributed by atoms with Crippen molar-refractivity contribution in [1.82, 2.24) is 0 Å². The van der Waals surface area contributed by atoms with Gasteiger partial charge in [0.15, 0.2) is 0 Å². The van der Waals surface area contributed by atoms with Gasteiger partial charge in [-0.1, -0.05) is 216 Å². The molecular weight excluding hydrogens is 721 g/mol. The van der Waals surface area contributed by atoms with Crippen molar-refractivity contribution in [1.29, 1.82) is 0 Å². The lowest BCUT2D eigenvalue weighted by Crippen LogP contribution is -2.30. The molecule has 0 aliphatic carbocycles. The molecule has 0 nitrogen and oxygen atoms in total. The molecule has 6 aromatic rings. The topological polar surface area (TPSA) is 0 Å². The highest BCUT2D eigenvalue weighted by Crippen LogP contribution is 2.45. The van der Waals surface area contributed by atoms with E-state index < -0.39 is 0 Å². The molecule has 0 saturated carbocycles. The van der Waals surface area contributed by atoms with Gasteiger partial charge in [-0.05, 0) is 142 Å². The normalized spacial score (nSPS) is 11.2. The molecular formula is C60H78. The lowest BCUT2D eigenvalue weighted by Gasteiger charge is -2.37. The van der Waals surface area contributed by atoms with Crippen LogP contribution >= 0.6 is 0 Å². The van der Waals surface area contributed by atoms with Crippen LogP contribution in [-0.4, -0.2) is 0 Å². The Bertz CT molecular complexity index is 2010. The highest BCUT2D eigenvalue weighted by atomic mass is 14.4. The third kappa shape index (κ3) is 13.4. The van der Waals surface area contributed by atoms with Crippen molar-refractivity contribution in [3.05, 3.63) is 209 Å². The first-order valence-corrected chi connectivity index (χ1v) is 23.0. The van der Waals surface area contributed by atoms with Crippen molar-refractivity contribution >= 4 is 0 Å². The second-order valence-corrected chi connectivity index (χ2v) is 18.6. The SMILES string of the molecule is CCCC(c1cc(C)cc(C)c1)(c1cc(C)cc(C)c1)c1cc(C)cc(C)c1.CCCC(c1cc(C)cc(C)c1)c1cc(C)cc(C)c1.CCCCc1cc(C)cc(C)c1. The summed E-state index contributed by atoms with van der Waals surface area (Å²) in [5.41, 5.74) is 24.8. The van der Waals surface area contributed by atoms with Crippen molar-refractivity contribution in [3.8, 4) is 0 Å². The highest BCUT2D eigenvalue weighted by molar-refractivity contribution is 5.55. The smallest absolute Gasteiger partial charge is 0.0451 e. The van der Waals surface area contributed by atoms with Gasteiger partial charge in [-0.15, -0.1) is 0 Å². The van der Waals surface area contributed by atoms with Crippen molar-refractivity contribution in [2.45, 2.75) is 160 Å². The van der Waals surface area contributed by atoms with Crippen LogP contribution < -0.4 is 0 Å². The van der Waals surface area contributed by atoms with Crippen molar-refractivity contribution in [2.24, 2.45) is 0 Å². The van der Waals surface area contributed by atoms with Crippen LogP contribution in [0.2, 0.25) is 0 Å². The summed E-state index contributed by atoms with van der Waals surface area (Å²) in [4.78, 5) is 0. The van der Waals surface area contributed by atoms with Crippen LogP contribution in [0.4, 0.5) is 0 Å². The van der Waals surface area contributed by atoms with E-state index >= 15 is 0 Å². The lowest BCUT2D eigenvalue weighted by molar-refractivity contribution is 0.548. The molecule has 0 heteroatoms. The molecule has 6 rings (SSSR count). The lowest BCUT2D eigenvalue weighted by atomic mass is 9.65. The Morgan fingerprint density at radius 1 is 0.333 bits per heavy atom. The van der Waals surface area contributed by atoms with E-state index in [0.29, 0.717) is 5.92 Å². The van der Waals surface area contributed by atoms with E-state index in [9.17, 15) is 0 Å². The highest BCUT2D eigenvalue weighted by Gasteiger charge is 2.36. The minimum Gasteiger partial charge on any atom is -0.0654 e. The quantitative estimate of drug-likeness (QED) is 0.108. The Morgan fingerprint density at radius 2 is 0.617 bits per heavy atom. The number of unbranched alkanes of at least 4 members (excludes halogenated alkanes) is 1.